The number of benzene rings is 4. The van der Waals surface area contributed by atoms with Crippen molar-refractivity contribution in [2.75, 3.05) is 0 Å². The molecule has 1 unspecified atom stereocenters. The van der Waals surface area contributed by atoms with Gasteiger partial charge in [-0.15, -0.1) is 0 Å². The third-order valence-corrected chi connectivity index (χ3v) is 13.5. The Morgan fingerprint density at radius 2 is 1.29 bits per heavy atom. The summed E-state index contributed by atoms with van der Waals surface area (Å²) in [6, 6.07) is 40.1. The summed E-state index contributed by atoms with van der Waals surface area (Å²) in [5, 5.41) is 2.76. The molecule has 0 amide bonds. The molecular formula is C61H59N4P. The molecule has 2 aromatic heterocycles. The van der Waals surface area contributed by atoms with Gasteiger partial charge in [0.05, 0.1) is 11.4 Å². The molecule has 328 valence electrons. The van der Waals surface area contributed by atoms with Crippen LogP contribution in [0.5, 0.6) is 0 Å². The molecule has 0 bridgehead atoms. The Hall–Kier alpha value is -7.26. The maximum Gasteiger partial charge on any atom is 0.164 e. The fourth-order valence-corrected chi connectivity index (χ4v) is 10.5. The van der Waals surface area contributed by atoms with Crippen LogP contribution in [0.3, 0.4) is 0 Å². The van der Waals surface area contributed by atoms with E-state index < -0.39 is 7.92 Å². The fraction of sp³-hybridized carbons (Fsp3) is 0.131. The van der Waals surface area contributed by atoms with E-state index in [1.165, 1.54) is 27.3 Å². The zero-order valence-electron chi connectivity index (χ0n) is 39.1. The minimum absolute atomic E-state index is 0.658. The van der Waals surface area contributed by atoms with Crippen LogP contribution < -0.4 is 5.30 Å². The van der Waals surface area contributed by atoms with Crippen LogP contribution in [0.2, 0.25) is 0 Å². The van der Waals surface area contributed by atoms with Crippen LogP contribution in [-0.2, 0) is 0 Å². The highest BCUT2D eigenvalue weighted by Gasteiger charge is 2.28. The van der Waals surface area contributed by atoms with Gasteiger partial charge < -0.3 is 4.57 Å². The van der Waals surface area contributed by atoms with E-state index in [2.05, 4.69) is 170 Å². The lowest BCUT2D eigenvalue weighted by Crippen LogP contribution is -2.04. The SMILES string of the molecule is C=Cc1c(/C=C\C)c2c(n1-c1cccc(C3=CCC(c4nc(-c5ccccc5)nc(-c5ccccc5)n4)=CC=C3)c1)/C(C)=C/C=C\C=C\P(c1ccccc1)C1=C2C=CC=CC1.CC.CC. The summed E-state index contributed by atoms with van der Waals surface area (Å²) in [6.45, 7) is 16.8. The first kappa shape index (κ1) is 46.7. The minimum atomic E-state index is -0.779. The molecule has 0 saturated heterocycles. The standard InChI is InChI=1S/C57H47N4P.2C2H6/c1-4-23-49-51(5-2)61(54-41(3)24-11-10-20-39-62(48-33-16-8-17-34-48)52-36-19-9-18-35-50(52)53(49)54)47-32-22-31-46(40-47)42-29-21-30-45(38-37-42)57-59-55(43-25-12-6-13-26-43)58-56(60-57)44-27-14-7-15-28-44;2*1-2/h4-35,37,39-40H,2,36,38H2,1,3H3;2*1-2H3/b11-10-,23-4-,39-20+,41-24+;;. The highest BCUT2D eigenvalue weighted by Crippen LogP contribution is 2.53. The Labute approximate surface area is 394 Å². The van der Waals surface area contributed by atoms with E-state index >= 15 is 0 Å². The Balaban J connectivity index is 0.00000158. The van der Waals surface area contributed by atoms with Crippen LogP contribution in [0.4, 0.5) is 0 Å². The topological polar surface area (TPSA) is 43.6 Å². The van der Waals surface area contributed by atoms with Crippen molar-refractivity contribution in [2.24, 2.45) is 0 Å². The number of allylic oxidation sites excluding steroid dienone is 18. The van der Waals surface area contributed by atoms with Crippen molar-refractivity contribution in [1.29, 1.82) is 0 Å². The van der Waals surface area contributed by atoms with Gasteiger partial charge in [-0.1, -0.05) is 228 Å². The lowest BCUT2D eigenvalue weighted by atomic mass is 9.95. The normalized spacial score (nSPS) is 17.1. The van der Waals surface area contributed by atoms with Crippen LogP contribution in [0.1, 0.15) is 88.3 Å². The van der Waals surface area contributed by atoms with E-state index in [0.29, 0.717) is 23.9 Å². The molecule has 0 saturated carbocycles. The average molecular weight is 879 g/mol. The van der Waals surface area contributed by atoms with Gasteiger partial charge >= 0.3 is 0 Å². The quantitative estimate of drug-likeness (QED) is 0.143. The van der Waals surface area contributed by atoms with Gasteiger partial charge in [0.1, 0.15) is 0 Å². The Morgan fingerprint density at radius 1 is 0.636 bits per heavy atom. The second kappa shape index (κ2) is 23.1. The molecule has 0 fully saturated rings. The molecule has 66 heavy (non-hydrogen) atoms. The van der Waals surface area contributed by atoms with Crippen LogP contribution in [-0.4, -0.2) is 19.5 Å². The molecule has 0 N–H and O–H groups in total. The highest BCUT2D eigenvalue weighted by atomic mass is 31.1. The first-order chi connectivity index (χ1) is 32.6. The molecule has 2 aliphatic carbocycles. The predicted octanol–water partition coefficient (Wildman–Crippen LogP) is 16.7. The van der Waals surface area contributed by atoms with Crippen LogP contribution >= 0.6 is 7.92 Å². The minimum Gasteiger partial charge on any atom is -0.309 e. The van der Waals surface area contributed by atoms with Crippen LogP contribution in [0.15, 0.2) is 212 Å². The Morgan fingerprint density at radius 3 is 1.95 bits per heavy atom. The maximum atomic E-state index is 5.02. The smallest absolute Gasteiger partial charge is 0.164 e. The second-order valence-corrected chi connectivity index (χ2v) is 17.3. The molecule has 1 atom stereocenters. The van der Waals surface area contributed by atoms with Gasteiger partial charge in [0.2, 0.25) is 0 Å². The van der Waals surface area contributed by atoms with E-state index in [4.69, 9.17) is 15.0 Å². The third-order valence-electron chi connectivity index (χ3n) is 11.2. The van der Waals surface area contributed by atoms with E-state index in [1.807, 2.05) is 94.4 Å². The first-order valence-electron chi connectivity index (χ1n) is 23.1. The molecular weight excluding hydrogens is 820 g/mol. The summed E-state index contributed by atoms with van der Waals surface area (Å²) in [6.07, 6.45) is 34.5. The first-order valence-corrected chi connectivity index (χ1v) is 24.5. The predicted molar refractivity (Wildman–Crippen MR) is 288 cm³/mol. The molecule has 4 aromatic carbocycles. The van der Waals surface area contributed by atoms with Gasteiger partial charge in [-0.2, -0.15) is 0 Å². The number of nitrogens with zero attached hydrogens (tertiary/aromatic N) is 4. The van der Waals surface area contributed by atoms with Gasteiger partial charge in [0.15, 0.2) is 17.5 Å². The summed E-state index contributed by atoms with van der Waals surface area (Å²) < 4.78 is 2.42. The van der Waals surface area contributed by atoms with E-state index in [1.54, 1.807) is 0 Å². The van der Waals surface area contributed by atoms with Gasteiger partial charge in [0, 0.05) is 33.5 Å². The molecule has 5 heteroatoms. The van der Waals surface area contributed by atoms with Crippen molar-refractivity contribution in [3.8, 4) is 28.5 Å². The lowest BCUT2D eigenvalue weighted by Gasteiger charge is -2.22. The Kier molecular flexibility index (Phi) is 16.3. The van der Waals surface area contributed by atoms with Crippen LogP contribution in [0, 0.1) is 0 Å². The second-order valence-electron chi connectivity index (χ2n) is 15.2. The summed E-state index contributed by atoms with van der Waals surface area (Å²) in [7, 11) is -0.779. The summed E-state index contributed by atoms with van der Waals surface area (Å²) in [5.41, 5.74) is 13.3. The summed E-state index contributed by atoms with van der Waals surface area (Å²) >= 11 is 0. The van der Waals surface area contributed by atoms with Crippen molar-refractivity contribution in [1.82, 2.24) is 19.5 Å². The van der Waals surface area contributed by atoms with E-state index in [9.17, 15) is 0 Å². The molecule has 3 heterocycles. The van der Waals surface area contributed by atoms with Crippen molar-refractivity contribution in [3.63, 3.8) is 0 Å². The summed E-state index contributed by atoms with van der Waals surface area (Å²) in [5.74, 6) is 4.39. The number of hydrogen-bond donors (Lipinski definition) is 0. The zero-order valence-corrected chi connectivity index (χ0v) is 40.0. The molecule has 4 nitrogen and oxygen atoms in total. The number of aromatic nitrogens is 4. The Bertz CT molecular complexity index is 2910. The van der Waals surface area contributed by atoms with Crippen LogP contribution in [0.25, 0.3) is 62.9 Å². The molecule has 3 aliphatic rings. The molecule has 0 radical (unpaired) electrons. The fourth-order valence-electron chi connectivity index (χ4n) is 8.31. The van der Waals surface area contributed by atoms with Crippen molar-refractivity contribution in [2.45, 2.75) is 54.4 Å². The highest BCUT2D eigenvalue weighted by molar-refractivity contribution is 7.72. The maximum absolute atomic E-state index is 5.02. The van der Waals surface area contributed by atoms with Gasteiger partial charge in [-0.3, -0.25) is 0 Å². The average Bonchev–Trinajstić information content (AvgIpc) is 3.58. The molecule has 6 aromatic rings. The van der Waals surface area contributed by atoms with Crippen molar-refractivity contribution >= 4 is 47.7 Å². The monoisotopic (exact) mass is 878 g/mol. The molecule has 9 rings (SSSR count). The number of hydrogen-bond acceptors (Lipinski definition) is 3. The molecule has 0 spiro atoms. The van der Waals surface area contributed by atoms with Gasteiger partial charge in [0.25, 0.3) is 0 Å². The number of fused-ring (bicyclic) bond motifs is 2. The molecule has 1 aliphatic heterocycles. The van der Waals surface area contributed by atoms with E-state index in [0.717, 1.165) is 56.9 Å². The largest absolute Gasteiger partial charge is 0.309 e. The lowest BCUT2D eigenvalue weighted by molar-refractivity contribution is 1.02. The van der Waals surface area contributed by atoms with Crippen molar-refractivity contribution < 1.29 is 0 Å². The van der Waals surface area contributed by atoms with E-state index in [-0.39, 0.29) is 0 Å². The van der Waals surface area contributed by atoms with Crippen molar-refractivity contribution in [3.05, 3.63) is 246 Å². The van der Waals surface area contributed by atoms with Gasteiger partial charge in [-0.05, 0) is 85.7 Å². The van der Waals surface area contributed by atoms with Gasteiger partial charge in [-0.25, -0.2) is 15.0 Å². The summed E-state index contributed by atoms with van der Waals surface area (Å²) in [4.78, 5) is 15.0. The third kappa shape index (κ3) is 10.3. The number of rotatable bonds is 8. The zero-order chi connectivity index (χ0) is 46.3.